The Labute approximate surface area is 195 Å². The molecule has 1 N–H and O–H groups in total. The highest BCUT2D eigenvalue weighted by Crippen LogP contribution is 2.37. The van der Waals surface area contributed by atoms with Gasteiger partial charge in [-0.15, -0.1) is 0 Å². The summed E-state index contributed by atoms with van der Waals surface area (Å²) in [6.45, 7) is 7.74. The molecule has 1 saturated carbocycles. The van der Waals surface area contributed by atoms with Crippen LogP contribution in [0.4, 0.5) is 4.79 Å². The van der Waals surface area contributed by atoms with Gasteiger partial charge in [-0.3, -0.25) is 4.79 Å². The molecule has 180 valence electrons. The molecule has 1 aromatic carbocycles. The molecule has 0 bridgehead atoms. The van der Waals surface area contributed by atoms with Gasteiger partial charge in [0.05, 0.1) is 0 Å². The Hall–Kier alpha value is -1.84. The van der Waals surface area contributed by atoms with Crippen molar-refractivity contribution in [1.29, 1.82) is 0 Å². The van der Waals surface area contributed by atoms with Crippen LogP contribution in [0.5, 0.6) is 0 Å². The van der Waals surface area contributed by atoms with E-state index < -0.39 is 17.2 Å². The number of unbranched alkanes of at least 4 members (excludes halogenated alkanes) is 9. The molecular weight excluding hydrogens is 398 g/mol. The Bertz CT molecular complexity index is 698. The lowest BCUT2D eigenvalue weighted by atomic mass is 9.99. The molecule has 0 spiro atoms. The second kappa shape index (κ2) is 13.0. The number of hydrogen-bond acceptors (Lipinski definition) is 3. The number of ether oxygens (including phenoxy) is 1. The first-order chi connectivity index (χ1) is 15.2. The Morgan fingerprint density at radius 2 is 1.34 bits per heavy atom. The van der Waals surface area contributed by atoms with Crippen molar-refractivity contribution in [1.82, 2.24) is 5.32 Å². The second-order valence-corrected chi connectivity index (χ2v) is 10.6. The fourth-order valence-electron chi connectivity index (χ4n) is 4.09. The van der Waals surface area contributed by atoms with Gasteiger partial charge in [-0.05, 0) is 57.6 Å². The fraction of sp³-hybridized carbons (Fsp3) is 0.714. The van der Waals surface area contributed by atoms with Crippen molar-refractivity contribution in [3.8, 4) is 0 Å². The average molecular weight is 444 g/mol. The van der Waals surface area contributed by atoms with Gasteiger partial charge in [0.2, 0.25) is 0 Å². The summed E-state index contributed by atoms with van der Waals surface area (Å²) >= 11 is 0. The van der Waals surface area contributed by atoms with Crippen molar-refractivity contribution >= 4 is 11.9 Å². The van der Waals surface area contributed by atoms with Crippen molar-refractivity contribution in [2.45, 2.75) is 129 Å². The zero-order chi connectivity index (χ0) is 23.5. The first-order valence-corrected chi connectivity index (χ1v) is 12.9. The number of carbonyl (C=O) groups excluding carboxylic acids is 2. The summed E-state index contributed by atoms with van der Waals surface area (Å²) in [6.07, 6.45) is 15.9. The summed E-state index contributed by atoms with van der Waals surface area (Å²) in [5.74, 6) is 0.0748. The largest absolute Gasteiger partial charge is 0.444 e. The standard InChI is InChI=1S/C28H45NO3/c1-5-6-7-8-9-10-11-12-13-14-15-23-16-18-24(19-17-23)22-25(30)28(20-21-28)29-26(31)32-27(2,3)4/h16-19H,5-15,20-22H2,1-4H3,(H,29,31). The number of hydrogen-bond donors (Lipinski definition) is 1. The van der Waals surface area contributed by atoms with Gasteiger partial charge in [-0.1, -0.05) is 89.0 Å². The van der Waals surface area contributed by atoms with E-state index in [9.17, 15) is 9.59 Å². The number of amides is 1. The Balaban J connectivity index is 1.63. The van der Waals surface area contributed by atoms with E-state index in [0.717, 1.165) is 12.0 Å². The molecule has 0 heterocycles. The van der Waals surface area contributed by atoms with Gasteiger partial charge in [-0.2, -0.15) is 0 Å². The van der Waals surface area contributed by atoms with Crippen LogP contribution in [-0.4, -0.2) is 23.0 Å². The van der Waals surface area contributed by atoms with Crippen LogP contribution < -0.4 is 5.32 Å². The van der Waals surface area contributed by atoms with Crippen LogP contribution in [0, 0.1) is 0 Å². The van der Waals surface area contributed by atoms with Crippen molar-refractivity contribution in [3.63, 3.8) is 0 Å². The third-order valence-electron chi connectivity index (χ3n) is 6.23. The molecular formula is C28H45NO3. The number of aryl methyl sites for hydroxylation is 1. The molecule has 1 aromatic rings. The summed E-state index contributed by atoms with van der Waals surface area (Å²) < 4.78 is 5.32. The summed E-state index contributed by atoms with van der Waals surface area (Å²) in [5.41, 5.74) is 1.07. The third-order valence-corrected chi connectivity index (χ3v) is 6.23. The maximum absolute atomic E-state index is 12.8. The predicted octanol–water partition coefficient (Wildman–Crippen LogP) is 7.32. The molecule has 4 heteroatoms. The lowest BCUT2D eigenvalue weighted by Gasteiger charge is -2.23. The fourth-order valence-corrected chi connectivity index (χ4v) is 4.09. The monoisotopic (exact) mass is 443 g/mol. The molecule has 1 aliphatic carbocycles. The average Bonchev–Trinajstić information content (AvgIpc) is 3.49. The van der Waals surface area contributed by atoms with E-state index in [-0.39, 0.29) is 5.78 Å². The van der Waals surface area contributed by atoms with E-state index in [2.05, 4.69) is 36.5 Å². The minimum absolute atomic E-state index is 0.0748. The molecule has 0 aromatic heterocycles. The van der Waals surface area contributed by atoms with Crippen molar-refractivity contribution in [3.05, 3.63) is 35.4 Å². The highest BCUT2D eigenvalue weighted by molar-refractivity contribution is 5.95. The molecule has 2 rings (SSSR count). The smallest absolute Gasteiger partial charge is 0.408 e. The molecule has 32 heavy (non-hydrogen) atoms. The molecule has 1 aliphatic rings. The van der Waals surface area contributed by atoms with Crippen LogP contribution in [0.2, 0.25) is 0 Å². The van der Waals surface area contributed by atoms with E-state index in [1.54, 1.807) is 0 Å². The van der Waals surface area contributed by atoms with Gasteiger partial charge in [0.25, 0.3) is 0 Å². The number of nitrogens with one attached hydrogen (secondary N) is 1. The molecule has 0 radical (unpaired) electrons. The van der Waals surface area contributed by atoms with Gasteiger partial charge in [0.15, 0.2) is 5.78 Å². The summed E-state index contributed by atoms with van der Waals surface area (Å²) in [6, 6.07) is 8.43. The number of rotatable bonds is 15. The van der Waals surface area contributed by atoms with Crippen molar-refractivity contribution in [2.24, 2.45) is 0 Å². The van der Waals surface area contributed by atoms with Crippen LogP contribution in [0.1, 0.15) is 116 Å². The third kappa shape index (κ3) is 10.2. The lowest BCUT2D eigenvalue weighted by Crippen LogP contribution is -2.46. The zero-order valence-electron chi connectivity index (χ0n) is 20.9. The number of alkyl carbamates (subject to hydrolysis) is 1. The van der Waals surface area contributed by atoms with Gasteiger partial charge < -0.3 is 10.1 Å². The van der Waals surface area contributed by atoms with E-state index in [0.29, 0.717) is 19.3 Å². The quantitative estimate of drug-likeness (QED) is 0.289. The van der Waals surface area contributed by atoms with Gasteiger partial charge in [-0.25, -0.2) is 4.79 Å². The normalized spacial score (nSPS) is 14.8. The van der Waals surface area contributed by atoms with Crippen LogP contribution >= 0.6 is 0 Å². The second-order valence-electron chi connectivity index (χ2n) is 10.6. The molecule has 0 unspecified atom stereocenters. The van der Waals surface area contributed by atoms with Crippen LogP contribution in [0.3, 0.4) is 0 Å². The van der Waals surface area contributed by atoms with E-state index in [1.807, 2.05) is 20.8 Å². The molecule has 1 amide bonds. The van der Waals surface area contributed by atoms with E-state index in [4.69, 9.17) is 4.74 Å². The zero-order valence-corrected chi connectivity index (χ0v) is 20.9. The molecule has 0 atom stereocenters. The molecule has 1 fully saturated rings. The first kappa shape index (κ1) is 26.4. The minimum atomic E-state index is -0.725. The maximum Gasteiger partial charge on any atom is 0.408 e. The van der Waals surface area contributed by atoms with Gasteiger partial charge in [0.1, 0.15) is 11.1 Å². The highest BCUT2D eigenvalue weighted by Gasteiger charge is 2.51. The van der Waals surface area contributed by atoms with Crippen molar-refractivity contribution < 1.29 is 14.3 Å². The SMILES string of the molecule is CCCCCCCCCCCCc1ccc(CC(=O)C2(NC(=O)OC(C)(C)C)CC2)cc1. The van der Waals surface area contributed by atoms with Crippen molar-refractivity contribution in [2.75, 3.05) is 0 Å². The Morgan fingerprint density at radius 1 is 0.844 bits per heavy atom. The number of benzene rings is 1. The summed E-state index contributed by atoms with van der Waals surface area (Å²) in [7, 11) is 0. The van der Waals surface area contributed by atoms with Crippen LogP contribution in [0.25, 0.3) is 0 Å². The molecule has 4 nitrogen and oxygen atoms in total. The minimum Gasteiger partial charge on any atom is -0.444 e. The number of carbonyl (C=O) groups is 2. The maximum atomic E-state index is 12.8. The Morgan fingerprint density at radius 3 is 1.84 bits per heavy atom. The lowest BCUT2D eigenvalue weighted by molar-refractivity contribution is -0.121. The van der Waals surface area contributed by atoms with Gasteiger partial charge >= 0.3 is 6.09 Å². The molecule has 0 aliphatic heterocycles. The molecule has 0 saturated heterocycles. The van der Waals surface area contributed by atoms with Crippen LogP contribution in [0.15, 0.2) is 24.3 Å². The van der Waals surface area contributed by atoms with Crippen LogP contribution in [-0.2, 0) is 22.4 Å². The van der Waals surface area contributed by atoms with Gasteiger partial charge in [0, 0.05) is 6.42 Å². The van der Waals surface area contributed by atoms with E-state index >= 15 is 0 Å². The summed E-state index contributed by atoms with van der Waals surface area (Å²) in [5, 5.41) is 2.81. The number of ketones is 1. The topological polar surface area (TPSA) is 55.4 Å². The number of Topliss-reactive ketones (excluding diaryl/α,β-unsaturated/α-hetero) is 1. The first-order valence-electron chi connectivity index (χ1n) is 12.9. The summed E-state index contributed by atoms with van der Waals surface area (Å²) in [4.78, 5) is 24.9. The Kier molecular flexibility index (Phi) is 10.7. The predicted molar refractivity (Wildman–Crippen MR) is 132 cm³/mol. The van der Waals surface area contributed by atoms with E-state index in [1.165, 1.54) is 69.8 Å². The highest BCUT2D eigenvalue weighted by atomic mass is 16.6.